The van der Waals surface area contributed by atoms with Gasteiger partial charge in [-0.2, -0.15) is 0 Å². The molecule has 2 saturated heterocycles. The van der Waals surface area contributed by atoms with Crippen molar-refractivity contribution >= 4 is 29.1 Å². The molecule has 0 atom stereocenters. The van der Waals surface area contributed by atoms with Crippen LogP contribution in [0.5, 0.6) is 5.75 Å². The molecule has 0 radical (unpaired) electrons. The molecule has 0 amide bonds. The predicted octanol–water partition coefficient (Wildman–Crippen LogP) is 3.10. The maximum atomic E-state index is 5.61. The van der Waals surface area contributed by atoms with Gasteiger partial charge in [-0.15, -0.1) is 12.4 Å². The number of piperidine rings is 1. The van der Waals surface area contributed by atoms with E-state index in [9.17, 15) is 0 Å². The van der Waals surface area contributed by atoms with E-state index in [1.54, 1.807) is 31.9 Å². The van der Waals surface area contributed by atoms with Crippen molar-refractivity contribution in [2.75, 3.05) is 38.2 Å². The Morgan fingerprint density at radius 2 is 1.83 bits per heavy atom. The number of aromatic nitrogens is 4. The maximum absolute atomic E-state index is 5.61. The number of methoxy groups -OCH3 is 1. The van der Waals surface area contributed by atoms with Crippen molar-refractivity contribution in [3.8, 4) is 17.1 Å². The first-order chi connectivity index (χ1) is 13.8. The highest BCUT2D eigenvalue weighted by Crippen LogP contribution is 2.40. The van der Waals surface area contributed by atoms with Crippen molar-refractivity contribution in [3.05, 3.63) is 36.9 Å². The van der Waals surface area contributed by atoms with Crippen molar-refractivity contribution in [2.45, 2.75) is 19.3 Å². The lowest BCUT2D eigenvalue weighted by Gasteiger charge is -2.39. The largest absolute Gasteiger partial charge is 0.494 e. The van der Waals surface area contributed by atoms with Gasteiger partial charge in [0.1, 0.15) is 11.6 Å². The van der Waals surface area contributed by atoms with Crippen LogP contribution in [0.1, 0.15) is 19.3 Å². The van der Waals surface area contributed by atoms with E-state index in [1.165, 1.54) is 19.3 Å². The first-order valence-corrected chi connectivity index (χ1v) is 9.84. The molecule has 3 aromatic heterocycles. The number of fused-ring (bicyclic) bond motifs is 1. The van der Waals surface area contributed by atoms with Crippen LogP contribution in [0.4, 0.5) is 5.82 Å². The van der Waals surface area contributed by atoms with Crippen molar-refractivity contribution < 1.29 is 4.74 Å². The molecule has 0 unspecified atom stereocenters. The molecule has 29 heavy (non-hydrogen) atoms. The monoisotopic (exact) mass is 412 g/mol. The Morgan fingerprint density at radius 3 is 2.52 bits per heavy atom. The Bertz CT molecular complexity index is 983. The number of pyridine rings is 2. The summed E-state index contributed by atoms with van der Waals surface area (Å²) in [5, 5.41) is 4.48. The van der Waals surface area contributed by atoms with Crippen molar-refractivity contribution in [1.82, 2.24) is 25.3 Å². The number of rotatable bonds is 3. The Balaban J connectivity index is 0.00000205. The van der Waals surface area contributed by atoms with Crippen molar-refractivity contribution in [2.24, 2.45) is 5.41 Å². The number of nitrogens with zero attached hydrogens (tertiary/aromatic N) is 5. The second-order valence-corrected chi connectivity index (χ2v) is 7.76. The van der Waals surface area contributed by atoms with E-state index in [0.29, 0.717) is 11.2 Å². The molecule has 8 heteroatoms. The summed E-state index contributed by atoms with van der Waals surface area (Å²) >= 11 is 0. The third kappa shape index (κ3) is 3.60. The second-order valence-electron chi connectivity index (χ2n) is 7.76. The highest BCUT2D eigenvalue weighted by Gasteiger charge is 2.37. The number of hydrogen-bond donors (Lipinski definition) is 1. The van der Waals surface area contributed by atoms with E-state index in [1.807, 2.05) is 12.1 Å². The number of nitrogens with one attached hydrogen (secondary N) is 1. The van der Waals surface area contributed by atoms with Crippen LogP contribution in [0.3, 0.4) is 0 Å². The minimum absolute atomic E-state index is 0. The number of hydrogen-bond acceptors (Lipinski definition) is 7. The molecule has 7 nitrogen and oxygen atoms in total. The predicted molar refractivity (Wildman–Crippen MR) is 116 cm³/mol. The Hall–Kier alpha value is -2.51. The molecule has 5 rings (SSSR count). The third-order valence-corrected chi connectivity index (χ3v) is 6.17. The van der Waals surface area contributed by atoms with Gasteiger partial charge in [0.05, 0.1) is 30.4 Å². The van der Waals surface area contributed by atoms with Crippen LogP contribution in [0.2, 0.25) is 0 Å². The number of ether oxygens (including phenoxy) is 1. The summed E-state index contributed by atoms with van der Waals surface area (Å²) < 4.78 is 5.61. The fraction of sp³-hybridized carbons (Fsp3) is 0.429. The highest BCUT2D eigenvalue weighted by molar-refractivity contribution is 5.95. The smallest absolute Gasteiger partial charge is 0.162 e. The van der Waals surface area contributed by atoms with Crippen LogP contribution in [0.25, 0.3) is 22.3 Å². The number of anilines is 1. The zero-order valence-corrected chi connectivity index (χ0v) is 17.3. The van der Waals surface area contributed by atoms with E-state index >= 15 is 0 Å². The van der Waals surface area contributed by atoms with Gasteiger partial charge in [-0.25, -0.2) is 9.97 Å². The second kappa shape index (κ2) is 8.08. The maximum Gasteiger partial charge on any atom is 0.162 e. The van der Waals surface area contributed by atoms with E-state index in [2.05, 4.69) is 20.2 Å². The van der Waals surface area contributed by atoms with Gasteiger partial charge >= 0.3 is 0 Å². The average molecular weight is 413 g/mol. The summed E-state index contributed by atoms with van der Waals surface area (Å²) in [4.78, 5) is 20.6. The van der Waals surface area contributed by atoms with Crippen molar-refractivity contribution in [1.29, 1.82) is 0 Å². The van der Waals surface area contributed by atoms with Crippen LogP contribution in [-0.2, 0) is 0 Å². The molecule has 0 saturated carbocycles. The lowest BCUT2D eigenvalue weighted by molar-refractivity contribution is 0.247. The quantitative estimate of drug-likeness (QED) is 0.708. The van der Waals surface area contributed by atoms with Crippen LogP contribution >= 0.6 is 12.4 Å². The fourth-order valence-corrected chi connectivity index (χ4v) is 4.46. The summed E-state index contributed by atoms with van der Waals surface area (Å²) in [6, 6.07) is 3.88. The number of halogens is 1. The minimum Gasteiger partial charge on any atom is -0.494 e. The Labute approximate surface area is 176 Å². The molecule has 0 bridgehead atoms. The van der Waals surface area contributed by atoms with E-state index in [4.69, 9.17) is 14.7 Å². The van der Waals surface area contributed by atoms with Gasteiger partial charge in [-0.05, 0) is 43.4 Å². The normalized spacial score (nSPS) is 18.0. The van der Waals surface area contributed by atoms with Gasteiger partial charge in [-0.3, -0.25) is 9.97 Å². The molecular formula is C21H25ClN6O. The molecule has 1 N–H and O–H groups in total. The molecule has 2 fully saturated rings. The van der Waals surface area contributed by atoms with Gasteiger partial charge in [0, 0.05) is 37.6 Å². The fourth-order valence-electron chi connectivity index (χ4n) is 4.46. The van der Waals surface area contributed by atoms with Gasteiger partial charge in [0.15, 0.2) is 5.82 Å². The molecule has 5 heterocycles. The lowest BCUT2D eigenvalue weighted by Crippen LogP contribution is -2.41. The van der Waals surface area contributed by atoms with Crippen molar-refractivity contribution in [3.63, 3.8) is 0 Å². The summed E-state index contributed by atoms with van der Waals surface area (Å²) in [6.07, 6.45) is 10.7. The lowest BCUT2D eigenvalue weighted by atomic mass is 9.78. The SMILES string of the molecule is COc1cncc2nc(-c3ccncc3)nc(N3CCC4(CCNC4)CC3)c12.Cl. The Morgan fingerprint density at radius 1 is 1.03 bits per heavy atom. The molecule has 0 aromatic carbocycles. The van der Waals surface area contributed by atoms with Gasteiger partial charge < -0.3 is 15.0 Å². The average Bonchev–Trinajstić information content (AvgIpc) is 3.21. The minimum atomic E-state index is 0. The first-order valence-electron chi connectivity index (χ1n) is 9.84. The van der Waals surface area contributed by atoms with Crippen LogP contribution < -0.4 is 15.0 Å². The summed E-state index contributed by atoms with van der Waals surface area (Å²) in [5.41, 5.74) is 2.22. The van der Waals surface area contributed by atoms with Crippen LogP contribution in [-0.4, -0.2) is 53.2 Å². The molecule has 3 aromatic rings. The molecule has 0 aliphatic carbocycles. The van der Waals surface area contributed by atoms with Gasteiger partial charge in [0.2, 0.25) is 0 Å². The van der Waals surface area contributed by atoms with E-state index in [-0.39, 0.29) is 12.4 Å². The third-order valence-electron chi connectivity index (χ3n) is 6.17. The van der Waals surface area contributed by atoms with Crippen LogP contribution in [0.15, 0.2) is 36.9 Å². The van der Waals surface area contributed by atoms with Crippen LogP contribution in [0, 0.1) is 5.41 Å². The summed E-state index contributed by atoms with van der Waals surface area (Å²) in [5.74, 6) is 2.36. The topological polar surface area (TPSA) is 76.1 Å². The highest BCUT2D eigenvalue weighted by atomic mass is 35.5. The Kier molecular flexibility index (Phi) is 5.52. The molecule has 2 aliphatic rings. The molecule has 2 aliphatic heterocycles. The zero-order valence-electron chi connectivity index (χ0n) is 16.5. The van der Waals surface area contributed by atoms with Gasteiger partial charge in [-0.1, -0.05) is 0 Å². The van der Waals surface area contributed by atoms with E-state index in [0.717, 1.165) is 54.2 Å². The first kappa shape index (κ1) is 19.8. The van der Waals surface area contributed by atoms with E-state index < -0.39 is 0 Å². The molecule has 1 spiro atoms. The summed E-state index contributed by atoms with van der Waals surface area (Å²) in [7, 11) is 1.67. The molecular weight excluding hydrogens is 388 g/mol. The standard InChI is InChI=1S/C21H24N6O.ClH/c1-28-17-13-24-12-16-18(17)20(26-19(25-16)15-2-7-22-8-3-15)27-10-5-21(6-11-27)4-9-23-14-21;/h2-3,7-8,12-13,23H,4-6,9-11,14H2,1H3;1H. The summed E-state index contributed by atoms with van der Waals surface area (Å²) in [6.45, 7) is 4.27. The molecule has 152 valence electrons. The van der Waals surface area contributed by atoms with Gasteiger partial charge in [0.25, 0.3) is 0 Å². The zero-order chi connectivity index (χ0) is 19.0.